The highest BCUT2D eigenvalue weighted by molar-refractivity contribution is 7.89. The number of benzene rings is 2. The second-order valence-corrected chi connectivity index (χ2v) is 10.2. The molecule has 2 aromatic rings. The van der Waals surface area contributed by atoms with Crippen LogP contribution in [0.5, 0.6) is 0 Å². The molecule has 9 heteroatoms. The molecule has 0 bridgehead atoms. The predicted octanol–water partition coefficient (Wildman–Crippen LogP) is 3.58. The van der Waals surface area contributed by atoms with Gasteiger partial charge in [0, 0.05) is 29.4 Å². The number of nitrogens with one attached hydrogen (secondary N) is 2. The molecule has 31 heavy (non-hydrogen) atoms. The van der Waals surface area contributed by atoms with E-state index >= 15 is 0 Å². The Balaban J connectivity index is 1.83. The Kier molecular flexibility index (Phi) is 6.73. The van der Waals surface area contributed by atoms with Crippen molar-refractivity contribution < 1.29 is 18.0 Å². The topological polar surface area (TPSA) is 95.6 Å². The zero-order valence-corrected chi connectivity index (χ0v) is 19.4. The van der Waals surface area contributed by atoms with Crippen molar-refractivity contribution in [3.05, 3.63) is 53.1 Å². The second-order valence-electron chi connectivity index (χ2n) is 8.08. The summed E-state index contributed by atoms with van der Waals surface area (Å²) >= 11 is 5.96. The highest BCUT2D eigenvalue weighted by Crippen LogP contribution is 2.34. The fourth-order valence-electron chi connectivity index (χ4n) is 3.77. The Morgan fingerprint density at radius 1 is 1.16 bits per heavy atom. The van der Waals surface area contributed by atoms with Gasteiger partial charge in [0.25, 0.3) is 0 Å². The average Bonchev–Trinajstić information content (AvgIpc) is 3.00. The first-order chi connectivity index (χ1) is 14.5. The molecule has 0 fully saturated rings. The summed E-state index contributed by atoms with van der Waals surface area (Å²) in [6.07, 6.45) is 0.571. The standard InChI is InChI=1S/C22H26ClN3O4S/c1-13(2)21(22(28)24-18-7-5-6-17(23)12-18)25-31(29,30)19-8-9-20-16(11-19)10-14(3)26(20)15(4)27/h5-9,11-14,21,25H,10H2,1-4H3,(H,24,28). The van der Waals surface area contributed by atoms with Crippen LogP contribution in [0, 0.1) is 5.92 Å². The monoisotopic (exact) mass is 463 g/mol. The second kappa shape index (κ2) is 8.98. The average molecular weight is 464 g/mol. The molecule has 2 atom stereocenters. The minimum Gasteiger partial charge on any atom is -0.325 e. The first-order valence-corrected chi connectivity index (χ1v) is 11.9. The Morgan fingerprint density at radius 2 is 1.87 bits per heavy atom. The third-order valence-corrected chi connectivity index (χ3v) is 6.91. The van der Waals surface area contributed by atoms with E-state index in [9.17, 15) is 18.0 Å². The van der Waals surface area contributed by atoms with Gasteiger partial charge in [-0.1, -0.05) is 31.5 Å². The van der Waals surface area contributed by atoms with Crippen LogP contribution in [0.15, 0.2) is 47.4 Å². The van der Waals surface area contributed by atoms with Crippen LogP contribution < -0.4 is 14.9 Å². The van der Waals surface area contributed by atoms with Crippen molar-refractivity contribution in [3.8, 4) is 0 Å². The quantitative estimate of drug-likeness (QED) is 0.684. The number of amides is 2. The molecule has 1 aliphatic rings. The molecular formula is C22H26ClN3O4S. The molecular weight excluding hydrogens is 438 g/mol. The number of hydrogen-bond donors (Lipinski definition) is 2. The number of sulfonamides is 1. The van der Waals surface area contributed by atoms with Gasteiger partial charge < -0.3 is 10.2 Å². The Labute approximate surface area is 187 Å². The van der Waals surface area contributed by atoms with E-state index in [1.54, 1.807) is 55.1 Å². The SMILES string of the molecule is CC(=O)N1c2ccc(S(=O)(=O)NC(C(=O)Nc3cccc(Cl)c3)C(C)C)cc2CC1C. The summed E-state index contributed by atoms with van der Waals surface area (Å²) in [7, 11) is -3.97. The predicted molar refractivity (Wildman–Crippen MR) is 122 cm³/mol. The van der Waals surface area contributed by atoms with Crippen LogP contribution in [0.1, 0.15) is 33.3 Å². The highest BCUT2D eigenvalue weighted by atomic mass is 35.5. The molecule has 0 saturated carbocycles. The van der Waals surface area contributed by atoms with Crippen LogP contribution >= 0.6 is 11.6 Å². The van der Waals surface area contributed by atoms with Crippen LogP contribution in [-0.4, -0.2) is 32.3 Å². The summed E-state index contributed by atoms with van der Waals surface area (Å²) in [5.74, 6) is -0.854. The van der Waals surface area contributed by atoms with E-state index < -0.39 is 22.0 Å². The fraction of sp³-hybridized carbons (Fsp3) is 0.364. The third kappa shape index (κ3) is 5.08. The summed E-state index contributed by atoms with van der Waals surface area (Å²) in [4.78, 5) is 26.4. The molecule has 0 saturated heterocycles. The Bertz CT molecular complexity index is 1120. The van der Waals surface area contributed by atoms with Crippen molar-refractivity contribution in [2.75, 3.05) is 10.2 Å². The molecule has 1 heterocycles. The largest absolute Gasteiger partial charge is 0.325 e. The number of nitrogens with zero attached hydrogens (tertiary/aromatic N) is 1. The van der Waals surface area contributed by atoms with Gasteiger partial charge in [0.05, 0.1) is 4.90 Å². The maximum atomic E-state index is 13.1. The highest BCUT2D eigenvalue weighted by Gasteiger charge is 2.32. The molecule has 0 spiro atoms. The molecule has 2 amide bonds. The van der Waals surface area contributed by atoms with Crippen LogP contribution in [0.3, 0.4) is 0 Å². The Morgan fingerprint density at radius 3 is 2.48 bits per heavy atom. The van der Waals surface area contributed by atoms with Gasteiger partial charge in [-0.3, -0.25) is 9.59 Å². The minimum atomic E-state index is -3.97. The molecule has 1 aliphatic heterocycles. The number of rotatable bonds is 6. The molecule has 166 valence electrons. The van der Waals surface area contributed by atoms with E-state index in [1.165, 1.54) is 13.0 Å². The van der Waals surface area contributed by atoms with Gasteiger partial charge >= 0.3 is 0 Å². The summed E-state index contributed by atoms with van der Waals surface area (Å²) < 4.78 is 28.7. The van der Waals surface area contributed by atoms with Crippen molar-refractivity contribution in [1.29, 1.82) is 0 Å². The summed E-state index contributed by atoms with van der Waals surface area (Å²) in [6, 6.07) is 10.3. The Hall–Kier alpha value is -2.42. The number of carbonyl (C=O) groups excluding carboxylic acids is 2. The minimum absolute atomic E-state index is 0.0368. The molecule has 7 nitrogen and oxygen atoms in total. The normalized spacial score (nSPS) is 16.8. The molecule has 0 aromatic heterocycles. The number of halogens is 1. The smallest absolute Gasteiger partial charge is 0.242 e. The van der Waals surface area contributed by atoms with Crippen molar-refractivity contribution in [1.82, 2.24) is 4.72 Å². The van der Waals surface area contributed by atoms with Crippen LogP contribution in [0.4, 0.5) is 11.4 Å². The van der Waals surface area contributed by atoms with Crippen molar-refractivity contribution in [2.24, 2.45) is 5.92 Å². The third-order valence-electron chi connectivity index (χ3n) is 5.24. The molecule has 2 unspecified atom stereocenters. The fourth-order valence-corrected chi connectivity index (χ4v) is 5.35. The maximum absolute atomic E-state index is 13.1. The van der Waals surface area contributed by atoms with E-state index in [1.807, 2.05) is 6.92 Å². The van der Waals surface area contributed by atoms with E-state index in [2.05, 4.69) is 10.0 Å². The lowest BCUT2D eigenvalue weighted by atomic mass is 10.0. The summed E-state index contributed by atoms with van der Waals surface area (Å²) in [5, 5.41) is 3.17. The van der Waals surface area contributed by atoms with Gasteiger partial charge in [0.1, 0.15) is 6.04 Å². The van der Waals surface area contributed by atoms with Gasteiger partial charge in [-0.25, -0.2) is 8.42 Å². The first kappa shape index (κ1) is 23.2. The summed E-state index contributed by atoms with van der Waals surface area (Å²) in [5.41, 5.74) is 1.99. The summed E-state index contributed by atoms with van der Waals surface area (Å²) in [6.45, 7) is 6.94. The first-order valence-electron chi connectivity index (χ1n) is 10.0. The van der Waals surface area contributed by atoms with Crippen molar-refractivity contribution >= 4 is 44.8 Å². The van der Waals surface area contributed by atoms with Gasteiger partial charge in [-0.05, 0) is 61.2 Å². The molecule has 0 radical (unpaired) electrons. The number of carbonyl (C=O) groups is 2. The van der Waals surface area contributed by atoms with Crippen LogP contribution in [0.2, 0.25) is 5.02 Å². The molecule has 2 N–H and O–H groups in total. The van der Waals surface area contributed by atoms with E-state index in [0.29, 0.717) is 17.1 Å². The number of hydrogen-bond acceptors (Lipinski definition) is 4. The zero-order valence-electron chi connectivity index (χ0n) is 17.8. The van der Waals surface area contributed by atoms with E-state index in [0.717, 1.165) is 11.3 Å². The van der Waals surface area contributed by atoms with Gasteiger partial charge in [-0.2, -0.15) is 4.72 Å². The van der Waals surface area contributed by atoms with Crippen molar-refractivity contribution in [2.45, 2.75) is 51.1 Å². The van der Waals surface area contributed by atoms with Gasteiger partial charge in [0.2, 0.25) is 21.8 Å². The lowest BCUT2D eigenvalue weighted by molar-refractivity contribution is -0.118. The molecule has 0 aliphatic carbocycles. The van der Waals surface area contributed by atoms with E-state index in [-0.39, 0.29) is 22.8 Å². The molecule has 3 rings (SSSR count). The maximum Gasteiger partial charge on any atom is 0.242 e. The van der Waals surface area contributed by atoms with Crippen LogP contribution in [-0.2, 0) is 26.0 Å². The van der Waals surface area contributed by atoms with Gasteiger partial charge in [0.15, 0.2) is 0 Å². The van der Waals surface area contributed by atoms with Gasteiger partial charge in [-0.15, -0.1) is 0 Å². The van der Waals surface area contributed by atoms with Crippen molar-refractivity contribution in [3.63, 3.8) is 0 Å². The lowest BCUT2D eigenvalue weighted by Crippen LogP contribution is -2.47. The van der Waals surface area contributed by atoms with Crippen LogP contribution in [0.25, 0.3) is 0 Å². The van der Waals surface area contributed by atoms with E-state index in [4.69, 9.17) is 11.6 Å². The number of fused-ring (bicyclic) bond motifs is 1. The molecule has 2 aromatic carbocycles. The zero-order chi connectivity index (χ0) is 22.9. The number of anilines is 2. The lowest BCUT2D eigenvalue weighted by Gasteiger charge is -2.22.